The Kier molecular flexibility index (Phi) is 5.42. The minimum absolute atomic E-state index is 0.163. The monoisotopic (exact) mass is 321 g/mol. The number of halogens is 4. The molecule has 1 aromatic rings. The van der Waals surface area contributed by atoms with Gasteiger partial charge in [-0.2, -0.15) is 13.2 Å². The van der Waals surface area contributed by atoms with Crippen molar-refractivity contribution in [2.24, 2.45) is 0 Å². The van der Waals surface area contributed by atoms with Crippen molar-refractivity contribution < 1.29 is 23.1 Å². The summed E-state index contributed by atoms with van der Waals surface area (Å²) in [5.41, 5.74) is -2.25. The largest absolute Gasteiger partial charge is 0.417 e. The Labute approximate surface area is 125 Å². The van der Waals surface area contributed by atoms with Crippen molar-refractivity contribution in [3.05, 3.63) is 40.9 Å². The summed E-state index contributed by atoms with van der Waals surface area (Å²) in [5.74, 6) is -0.934. The molecule has 0 aliphatic carbocycles. The first kappa shape index (κ1) is 17.5. The molecule has 0 aliphatic heterocycles. The van der Waals surface area contributed by atoms with Gasteiger partial charge in [0, 0.05) is 11.1 Å². The zero-order valence-corrected chi connectivity index (χ0v) is 12.2. The number of aliphatic hydroxyl groups is 1. The van der Waals surface area contributed by atoms with Crippen LogP contribution in [0, 0.1) is 0 Å². The Balaban J connectivity index is 3.12. The van der Waals surface area contributed by atoms with Gasteiger partial charge in [-0.3, -0.25) is 4.79 Å². The number of hydrogen-bond acceptors (Lipinski definition) is 2. The fraction of sp³-hybridized carbons (Fsp3) is 0.357. The van der Waals surface area contributed by atoms with Crippen molar-refractivity contribution in [2.45, 2.75) is 25.6 Å². The topological polar surface area (TPSA) is 49.3 Å². The molecule has 1 aromatic carbocycles. The third-order valence-electron chi connectivity index (χ3n) is 2.59. The third-order valence-corrected chi connectivity index (χ3v) is 2.84. The van der Waals surface area contributed by atoms with Gasteiger partial charge in [0.05, 0.1) is 17.7 Å². The maximum absolute atomic E-state index is 13.1. The molecule has 0 unspecified atom stereocenters. The zero-order chi connectivity index (χ0) is 16.3. The SMILES string of the molecule is CC(C)(CO)NC(=O)/C=C(/c1ccc(Cl)cc1)C(F)(F)F. The molecule has 0 saturated heterocycles. The van der Waals surface area contributed by atoms with E-state index in [1.54, 1.807) is 0 Å². The molecule has 0 atom stereocenters. The van der Waals surface area contributed by atoms with Crippen LogP contribution in [-0.2, 0) is 4.79 Å². The number of benzene rings is 1. The van der Waals surface area contributed by atoms with E-state index in [0.29, 0.717) is 11.1 Å². The Morgan fingerprint density at radius 1 is 1.29 bits per heavy atom. The number of hydrogen-bond donors (Lipinski definition) is 2. The van der Waals surface area contributed by atoms with Crippen LogP contribution in [-0.4, -0.2) is 29.3 Å². The van der Waals surface area contributed by atoms with E-state index in [1.807, 2.05) is 0 Å². The first-order valence-corrected chi connectivity index (χ1v) is 6.41. The number of rotatable bonds is 4. The van der Waals surface area contributed by atoms with Crippen LogP contribution >= 0.6 is 11.6 Å². The predicted molar refractivity (Wildman–Crippen MR) is 74.8 cm³/mol. The van der Waals surface area contributed by atoms with Crippen LogP contribution in [0.25, 0.3) is 5.57 Å². The third kappa shape index (κ3) is 5.40. The van der Waals surface area contributed by atoms with Gasteiger partial charge in [-0.05, 0) is 31.5 Å². The standard InChI is InChI=1S/C14H15ClF3NO2/c1-13(2,8-20)19-12(21)7-11(14(16,17)18)9-3-5-10(15)6-4-9/h3-7,20H,8H2,1-2H3,(H,19,21)/b11-7-. The molecule has 116 valence electrons. The Morgan fingerprint density at radius 2 is 1.81 bits per heavy atom. The first-order valence-electron chi connectivity index (χ1n) is 6.03. The molecule has 7 heteroatoms. The molecule has 1 amide bonds. The van der Waals surface area contributed by atoms with Crippen molar-refractivity contribution >= 4 is 23.1 Å². The van der Waals surface area contributed by atoms with Gasteiger partial charge in [-0.25, -0.2) is 0 Å². The normalized spacial score (nSPS) is 13.2. The van der Waals surface area contributed by atoms with Crippen LogP contribution < -0.4 is 5.32 Å². The smallest absolute Gasteiger partial charge is 0.394 e. The molecule has 0 aromatic heterocycles. The van der Waals surface area contributed by atoms with E-state index in [1.165, 1.54) is 38.1 Å². The van der Waals surface area contributed by atoms with E-state index >= 15 is 0 Å². The van der Waals surface area contributed by atoms with Crippen LogP contribution in [0.3, 0.4) is 0 Å². The highest BCUT2D eigenvalue weighted by Crippen LogP contribution is 2.34. The molecule has 0 aliphatic rings. The lowest BCUT2D eigenvalue weighted by atomic mass is 10.0. The van der Waals surface area contributed by atoms with Crippen molar-refractivity contribution in [1.29, 1.82) is 0 Å². The number of amides is 1. The van der Waals surface area contributed by atoms with E-state index in [4.69, 9.17) is 16.7 Å². The fourth-order valence-corrected chi connectivity index (χ4v) is 1.62. The molecule has 0 spiro atoms. The number of carbonyl (C=O) groups is 1. The van der Waals surface area contributed by atoms with Crippen molar-refractivity contribution in [3.63, 3.8) is 0 Å². The van der Waals surface area contributed by atoms with Gasteiger partial charge in [-0.1, -0.05) is 23.7 Å². The van der Waals surface area contributed by atoms with Gasteiger partial charge < -0.3 is 10.4 Å². The Bertz CT molecular complexity index is 536. The van der Waals surface area contributed by atoms with Gasteiger partial charge in [0.25, 0.3) is 0 Å². The zero-order valence-electron chi connectivity index (χ0n) is 11.5. The fourth-order valence-electron chi connectivity index (χ4n) is 1.50. The van der Waals surface area contributed by atoms with E-state index < -0.39 is 29.8 Å². The molecular formula is C14H15ClF3NO2. The number of aliphatic hydroxyl groups excluding tert-OH is 1. The van der Waals surface area contributed by atoms with Gasteiger partial charge >= 0.3 is 6.18 Å². The molecule has 0 bridgehead atoms. The Morgan fingerprint density at radius 3 is 2.24 bits per heavy atom. The average molecular weight is 322 g/mol. The van der Waals surface area contributed by atoms with E-state index in [9.17, 15) is 18.0 Å². The van der Waals surface area contributed by atoms with Crippen molar-refractivity contribution in [3.8, 4) is 0 Å². The molecule has 0 fully saturated rings. The maximum Gasteiger partial charge on any atom is 0.417 e. The van der Waals surface area contributed by atoms with E-state index in [-0.39, 0.29) is 5.56 Å². The van der Waals surface area contributed by atoms with Crippen LogP contribution in [0.5, 0.6) is 0 Å². The summed E-state index contributed by atoms with van der Waals surface area (Å²) in [4.78, 5) is 11.7. The van der Waals surface area contributed by atoms with Gasteiger partial charge in [0.1, 0.15) is 0 Å². The summed E-state index contributed by atoms with van der Waals surface area (Å²) < 4.78 is 39.2. The van der Waals surface area contributed by atoms with Crippen LogP contribution in [0.1, 0.15) is 19.4 Å². The highest BCUT2D eigenvalue weighted by Gasteiger charge is 2.35. The number of carbonyl (C=O) groups excluding carboxylic acids is 1. The summed E-state index contributed by atoms with van der Waals surface area (Å²) in [6, 6.07) is 5.00. The molecule has 1 rings (SSSR count). The highest BCUT2D eigenvalue weighted by molar-refractivity contribution is 6.30. The lowest BCUT2D eigenvalue weighted by molar-refractivity contribution is -0.119. The van der Waals surface area contributed by atoms with Crippen LogP contribution in [0.4, 0.5) is 13.2 Å². The van der Waals surface area contributed by atoms with Crippen molar-refractivity contribution in [2.75, 3.05) is 6.61 Å². The second-order valence-electron chi connectivity index (χ2n) is 5.09. The number of allylic oxidation sites excluding steroid dienone is 1. The molecular weight excluding hydrogens is 307 g/mol. The second-order valence-corrected chi connectivity index (χ2v) is 5.53. The summed E-state index contributed by atoms with van der Waals surface area (Å²) in [5, 5.41) is 11.6. The highest BCUT2D eigenvalue weighted by atomic mass is 35.5. The molecule has 2 N–H and O–H groups in total. The summed E-state index contributed by atoms with van der Waals surface area (Å²) in [6.45, 7) is 2.59. The lowest BCUT2D eigenvalue weighted by Gasteiger charge is -2.23. The van der Waals surface area contributed by atoms with Gasteiger partial charge in [0.15, 0.2) is 0 Å². The van der Waals surface area contributed by atoms with Gasteiger partial charge in [-0.15, -0.1) is 0 Å². The molecule has 0 radical (unpaired) electrons. The van der Waals surface area contributed by atoms with Crippen molar-refractivity contribution in [1.82, 2.24) is 5.32 Å². The maximum atomic E-state index is 13.1. The quantitative estimate of drug-likeness (QED) is 0.837. The molecule has 0 heterocycles. The minimum Gasteiger partial charge on any atom is -0.394 e. The van der Waals surface area contributed by atoms with Gasteiger partial charge in [0.2, 0.25) is 5.91 Å². The predicted octanol–water partition coefficient (Wildman–Crippen LogP) is 3.17. The van der Waals surface area contributed by atoms with E-state index in [2.05, 4.69) is 5.32 Å². The summed E-state index contributed by atoms with van der Waals surface area (Å²) in [7, 11) is 0. The first-order chi connectivity index (χ1) is 9.55. The van der Waals surface area contributed by atoms with Crippen LogP contribution in [0.2, 0.25) is 5.02 Å². The number of alkyl halides is 3. The number of nitrogens with one attached hydrogen (secondary N) is 1. The minimum atomic E-state index is -4.69. The molecule has 21 heavy (non-hydrogen) atoms. The van der Waals surface area contributed by atoms with Crippen LogP contribution in [0.15, 0.2) is 30.3 Å². The lowest BCUT2D eigenvalue weighted by Crippen LogP contribution is -2.45. The second kappa shape index (κ2) is 6.49. The summed E-state index contributed by atoms with van der Waals surface area (Å²) in [6.07, 6.45) is -4.21. The van der Waals surface area contributed by atoms with E-state index in [0.717, 1.165) is 0 Å². The average Bonchev–Trinajstić information content (AvgIpc) is 2.35. The molecule has 3 nitrogen and oxygen atoms in total. The Hall–Kier alpha value is -1.53. The summed E-state index contributed by atoms with van der Waals surface area (Å²) >= 11 is 5.63. The molecule has 0 saturated carbocycles.